The van der Waals surface area contributed by atoms with E-state index in [-0.39, 0.29) is 0 Å². The Morgan fingerprint density at radius 3 is 2.64 bits per heavy atom. The van der Waals surface area contributed by atoms with Crippen LogP contribution < -0.4 is 0 Å². The van der Waals surface area contributed by atoms with Crippen LogP contribution in [0.15, 0.2) is 18.2 Å². The van der Waals surface area contributed by atoms with Gasteiger partial charge in [-0.05, 0) is 36.6 Å². The van der Waals surface area contributed by atoms with E-state index < -0.39 is 0 Å². The van der Waals surface area contributed by atoms with Crippen molar-refractivity contribution in [3.8, 4) is 5.75 Å². The smallest absolute Gasteiger partial charge is 0.116 e. The van der Waals surface area contributed by atoms with Crippen molar-refractivity contribution in [2.24, 2.45) is 0 Å². The summed E-state index contributed by atoms with van der Waals surface area (Å²) in [5, 5.41) is 10.6. The first-order chi connectivity index (χ1) is 6.76. The van der Waals surface area contributed by atoms with Gasteiger partial charge in [-0.25, -0.2) is 0 Å². The van der Waals surface area contributed by atoms with Gasteiger partial charge in [0.25, 0.3) is 0 Å². The fourth-order valence-corrected chi connectivity index (χ4v) is 2.00. The summed E-state index contributed by atoms with van der Waals surface area (Å²) in [6.45, 7) is 4.29. The Morgan fingerprint density at radius 1 is 1.21 bits per heavy atom. The Kier molecular flexibility index (Phi) is 2.20. The Bertz CT molecular complexity index is 457. The Balaban J connectivity index is 2.74. The molecule has 0 saturated heterocycles. The summed E-state index contributed by atoms with van der Waals surface area (Å²) >= 11 is 0. The van der Waals surface area contributed by atoms with Crippen molar-refractivity contribution in [2.45, 2.75) is 26.7 Å². The van der Waals surface area contributed by atoms with Gasteiger partial charge in [-0.3, -0.25) is 0 Å². The number of H-pyrrole nitrogens is 1. The van der Waals surface area contributed by atoms with Gasteiger partial charge in [0.05, 0.1) is 0 Å². The first-order valence-electron chi connectivity index (χ1n) is 5.08. The second-order valence-electron chi connectivity index (χ2n) is 3.52. The SMILES string of the molecule is CCc1[nH]c2ccc(O)cc2c1CC. The normalized spacial score (nSPS) is 11.0. The molecule has 74 valence electrons. The second kappa shape index (κ2) is 3.37. The minimum atomic E-state index is 0.342. The van der Waals surface area contributed by atoms with Gasteiger partial charge in [-0.2, -0.15) is 0 Å². The van der Waals surface area contributed by atoms with E-state index in [9.17, 15) is 5.11 Å². The van der Waals surface area contributed by atoms with Crippen molar-refractivity contribution in [3.05, 3.63) is 29.5 Å². The highest BCUT2D eigenvalue weighted by Gasteiger charge is 2.08. The zero-order valence-electron chi connectivity index (χ0n) is 8.59. The molecule has 1 aromatic carbocycles. The van der Waals surface area contributed by atoms with Crippen molar-refractivity contribution >= 4 is 10.9 Å². The van der Waals surface area contributed by atoms with Gasteiger partial charge < -0.3 is 10.1 Å². The molecule has 1 aromatic heterocycles. The van der Waals surface area contributed by atoms with Gasteiger partial charge in [0.2, 0.25) is 0 Å². The molecule has 14 heavy (non-hydrogen) atoms. The van der Waals surface area contributed by atoms with E-state index in [1.807, 2.05) is 12.1 Å². The molecule has 0 aliphatic rings. The lowest BCUT2D eigenvalue weighted by atomic mass is 10.1. The summed E-state index contributed by atoms with van der Waals surface area (Å²) in [5.41, 5.74) is 3.74. The first-order valence-corrected chi connectivity index (χ1v) is 5.08. The van der Waals surface area contributed by atoms with Crippen LogP contribution in [0, 0.1) is 0 Å². The van der Waals surface area contributed by atoms with Crippen molar-refractivity contribution in [3.63, 3.8) is 0 Å². The molecular weight excluding hydrogens is 174 g/mol. The number of benzene rings is 1. The minimum absolute atomic E-state index is 0.342. The molecule has 0 saturated carbocycles. The van der Waals surface area contributed by atoms with Crippen LogP contribution in [0.3, 0.4) is 0 Å². The molecule has 2 nitrogen and oxygen atoms in total. The zero-order valence-corrected chi connectivity index (χ0v) is 8.59. The fraction of sp³-hybridized carbons (Fsp3) is 0.333. The van der Waals surface area contributed by atoms with Crippen LogP contribution in [0.2, 0.25) is 0 Å². The maximum absolute atomic E-state index is 9.42. The minimum Gasteiger partial charge on any atom is -0.508 e. The average molecular weight is 189 g/mol. The molecule has 0 radical (unpaired) electrons. The lowest BCUT2D eigenvalue weighted by Gasteiger charge is -1.97. The fourth-order valence-electron chi connectivity index (χ4n) is 2.00. The average Bonchev–Trinajstić information content (AvgIpc) is 2.54. The van der Waals surface area contributed by atoms with Crippen LogP contribution in [0.1, 0.15) is 25.1 Å². The molecule has 0 unspecified atom stereocenters. The number of aromatic nitrogens is 1. The number of hydrogen-bond donors (Lipinski definition) is 2. The predicted molar refractivity (Wildman–Crippen MR) is 58.7 cm³/mol. The molecule has 0 aliphatic heterocycles. The third kappa shape index (κ3) is 1.27. The van der Waals surface area contributed by atoms with E-state index >= 15 is 0 Å². The summed E-state index contributed by atoms with van der Waals surface area (Å²) in [5.74, 6) is 0.342. The van der Waals surface area contributed by atoms with Crippen molar-refractivity contribution < 1.29 is 5.11 Å². The number of nitrogens with one attached hydrogen (secondary N) is 1. The van der Waals surface area contributed by atoms with Gasteiger partial charge in [-0.15, -0.1) is 0 Å². The molecule has 2 aromatic rings. The molecular formula is C12H15NO. The van der Waals surface area contributed by atoms with Crippen LogP contribution in [0.25, 0.3) is 10.9 Å². The number of fused-ring (bicyclic) bond motifs is 1. The topological polar surface area (TPSA) is 36.0 Å². The van der Waals surface area contributed by atoms with E-state index in [0.717, 1.165) is 23.7 Å². The maximum Gasteiger partial charge on any atom is 0.116 e. The molecule has 1 heterocycles. The standard InChI is InChI=1S/C12H15NO/c1-3-9-10-7-8(14)5-6-12(10)13-11(9)4-2/h5-7,13-14H,3-4H2,1-2H3. The largest absolute Gasteiger partial charge is 0.508 e. The Morgan fingerprint density at radius 2 is 2.00 bits per heavy atom. The van der Waals surface area contributed by atoms with Crippen LogP contribution >= 0.6 is 0 Å². The van der Waals surface area contributed by atoms with Crippen molar-refractivity contribution in [1.82, 2.24) is 4.98 Å². The molecule has 0 aliphatic carbocycles. The summed E-state index contributed by atoms with van der Waals surface area (Å²) in [4.78, 5) is 3.38. The summed E-state index contributed by atoms with van der Waals surface area (Å²) in [7, 11) is 0. The van der Waals surface area contributed by atoms with Crippen molar-refractivity contribution in [1.29, 1.82) is 0 Å². The molecule has 0 fully saturated rings. The quantitative estimate of drug-likeness (QED) is 0.748. The number of hydrogen-bond acceptors (Lipinski definition) is 1. The zero-order chi connectivity index (χ0) is 10.1. The van der Waals surface area contributed by atoms with Crippen LogP contribution in [0.5, 0.6) is 5.75 Å². The number of aryl methyl sites for hydroxylation is 2. The molecule has 0 bridgehead atoms. The number of rotatable bonds is 2. The Hall–Kier alpha value is -1.44. The lowest BCUT2D eigenvalue weighted by Crippen LogP contribution is -1.86. The van der Waals surface area contributed by atoms with Crippen LogP contribution in [-0.4, -0.2) is 10.1 Å². The third-order valence-corrected chi connectivity index (χ3v) is 2.69. The summed E-state index contributed by atoms with van der Waals surface area (Å²) in [6.07, 6.45) is 2.02. The highest BCUT2D eigenvalue weighted by atomic mass is 16.3. The number of phenolic OH excluding ortho intramolecular Hbond substituents is 1. The summed E-state index contributed by atoms with van der Waals surface area (Å²) < 4.78 is 0. The summed E-state index contributed by atoms with van der Waals surface area (Å²) in [6, 6.07) is 5.49. The third-order valence-electron chi connectivity index (χ3n) is 2.69. The number of phenols is 1. The maximum atomic E-state index is 9.42. The second-order valence-corrected chi connectivity index (χ2v) is 3.52. The number of aromatic amines is 1. The van der Waals surface area contributed by atoms with Crippen LogP contribution in [-0.2, 0) is 12.8 Å². The van der Waals surface area contributed by atoms with Crippen LogP contribution in [0.4, 0.5) is 0 Å². The first kappa shape index (κ1) is 9.13. The van der Waals surface area contributed by atoms with E-state index in [1.165, 1.54) is 11.3 Å². The van der Waals surface area contributed by atoms with Gasteiger partial charge in [0, 0.05) is 16.6 Å². The van der Waals surface area contributed by atoms with E-state index in [2.05, 4.69) is 18.8 Å². The van der Waals surface area contributed by atoms with Gasteiger partial charge in [-0.1, -0.05) is 13.8 Å². The lowest BCUT2D eigenvalue weighted by molar-refractivity contribution is 0.476. The number of aromatic hydroxyl groups is 1. The molecule has 0 amide bonds. The van der Waals surface area contributed by atoms with Gasteiger partial charge in [0.1, 0.15) is 5.75 Å². The molecule has 2 N–H and O–H groups in total. The van der Waals surface area contributed by atoms with E-state index in [1.54, 1.807) is 6.07 Å². The molecule has 0 atom stereocenters. The monoisotopic (exact) mass is 189 g/mol. The van der Waals surface area contributed by atoms with Gasteiger partial charge >= 0.3 is 0 Å². The highest BCUT2D eigenvalue weighted by molar-refractivity contribution is 5.86. The molecule has 2 rings (SSSR count). The molecule has 2 heteroatoms. The van der Waals surface area contributed by atoms with E-state index in [4.69, 9.17) is 0 Å². The van der Waals surface area contributed by atoms with Gasteiger partial charge in [0.15, 0.2) is 0 Å². The van der Waals surface area contributed by atoms with E-state index in [0.29, 0.717) is 5.75 Å². The van der Waals surface area contributed by atoms with Crippen molar-refractivity contribution in [2.75, 3.05) is 0 Å². The highest BCUT2D eigenvalue weighted by Crippen LogP contribution is 2.26. The predicted octanol–water partition coefficient (Wildman–Crippen LogP) is 3.00. The molecule has 0 spiro atoms. The Labute approximate surface area is 83.6 Å².